The van der Waals surface area contributed by atoms with E-state index in [0.29, 0.717) is 5.92 Å². The highest BCUT2D eigenvalue weighted by Gasteiger charge is 2.36. The second-order valence-electron chi connectivity index (χ2n) is 3.60. The normalized spacial score (nSPS) is 30.8. The van der Waals surface area contributed by atoms with Gasteiger partial charge < -0.3 is 5.11 Å². The van der Waals surface area contributed by atoms with Crippen molar-refractivity contribution in [2.24, 2.45) is 5.92 Å². The summed E-state index contributed by atoms with van der Waals surface area (Å²) in [6, 6.07) is -0.232. The lowest BCUT2D eigenvalue weighted by Crippen LogP contribution is -2.36. The minimum Gasteiger partial charge on any atom is -0.480 e. The number of hydrogen-bond donors (Lipinski definition) is 1. The van der Waals surface area contributed by atoms with E-state index in [2.05, 4.69) is 6.92 Å². The van der Waals surface area contributed by atoms with E-state index in [-0.39, 0.29) is 6.04 Å². The van der Waals surface area contributed by atoms with Crippen LogP contribution in [0, 0.1) is 5.92 Å². The first-order chi connectivity index (χ1) is 5.66. The van der Waals surface area contributed by atoms with Crippen molar-refractivity contribution in [2.45, 2.75) is 32.2 Å². The maximum Gasteiger partial charge on any atom is 0.321 e. The van der Waals surface area contributed by atoms with Crippen molar-refractivity contribution in [1.29, 1.82) is 0 Å². The van der Waals surface area contributed by atoms with Crippen LogP contribution < -0.4 is 0 Å². The van der Waals surface area contributed by atoms with E-state index in [1.54, 1.807) is 0 Å². The summed E-state index contributed by atoms with van der Waals surface area (Å²) in [7, 11) is 1.90. The molecule has 1 aliphatic rings. The van der Waals surface area contributed by atoms with E-state index in [1.165, 1.54) is 0 Å². The lowest BCUT2D eigenvalue weighted by Gasteiger charge is -2.19. The molecule has 0 bridgehead atoms. The van der Waals surface area contributed by atoms with Crippen molar-refractivity contribution >= 4 is 5.97 Å². The second kappa shape index (κ2) is 3.90. The van der Waals surface area contributed by atoms with Gasteiger partial charge in [0, 0.05) is 0 Å². The maximum absolute atomic E-state index is 10.9. The Kier molecular flexibility index (Phi) is 3.09. The topological polar surface area (TPSA) is 40.5 Å². The molecule has 1 N–H and O–H groups in total. The number of aliphatic carboxylic acids is 1. The quantitative estimate of drug-likeness (QED) is 0.693. The molecule has 0 aromatic rings. The van der Waals surface area contributed by atoms with Crippen LogP contribution >= 0.6 is 0 Å². The average Bonchev–Trinajstić information content (AvgIpc) is 2.32. The lowest BCUT2D eigenvalue weighted by molar-refractivity contribution is -0.143. The van der Waals surface area contributed by atoms with E-state index in [4.69, 9.17) is 5.11 Å². The van der Waals surface area contributed by atoms with Crippen LogP contribution in [0.3, 0.4) is 0 Å². The number of rotatable bonds is 3. The van der Waals surface area contributed by atoms with Gasteiger partial charge in [-0.15, -0.1) is 0 Å². The van der Waals surface area contributed by atoms with Gasteiger partial charge in [0.1, 0.15) is 6.04 Å². The Bertz CT molecular complexity index is 168. The highest BCUT2D eigenvalue weighted by molar-refractivity contribution is 5.74. The molecule has 1 fully saturated rings. The Morgan fingerprint density at radius 2 is 2.33 bits per heavy atom. The highest BCUT2D eigenvalue weighted by atomic mass is 16.4. The summed E-state index contributed by atoms with van der Waals surface area (Å²) in [5.41, 5.74) is 0. The highest BCUT2D eigenvalue weighted by Crippen LogP contribution is 2.26. The third-order valence-electron chi connectivity index (χ3n) is 2.69. The van der Waals surface area contributed by atoms with Gasteiger partial charge in [0.15, 0.2) is 0 Å². The largest absolute Gasteiger partial charge is 0.480 e. The Morgan fingerprint density at radius 3 is 2.83 bits per heavy atom. The minimum absolute atomic E-state index is 0.232. The standard InChI is InChI=1S/C9H17NO2/c1-3-4-7-5-6-10(2)8(7)9(11)12/h7-8H,3-6H2,1-2H3,(H,11,12). The monoisotopic (exact) mass is 171 g/mol. The van der Waals surface area contributed by atoms with Crippen LogP contribution in [0.4, 0.5) is 0 Å². The Hall–Kier alpha value is -0.570. The van der Waals surface area contributed by atoms with Gasteiger partial charge in [-0.25, -0.2) is 0 Å². The van der Waals surface area contributed by atoms with Crippen molar-refractivity contribution in [3.8, 4) is 0 Å². The summed E-state index contributed by atoms with van der Waals surface area (Å²) in [4.78, 5) is 12.8. The van der Waals surface area contributed by atoms with Gasteiger partial charge in [0.2, 0.25) is 0 Å². The van der Waals surface area contributed by atoms with E-state index < -0.39 is 5.97 Å². The molecule has 1 aliphatic heterocycles. The zero-order valence-electron chi connectivity index (χ0n) is 7.79. The predicted molar refractivity (Wildman–Crippen MR) is 47.1 cm³/mol. The fraction of sp³-hybridized carbons (Fsp3) is 0.889. The van der Waals surface area contributed by atoms with E-state index in [9.17, 15) is 4.79 Å². The number of carbonyl (C=O) groups is 1. The van der Waals surface area contributed by atoms with Crippen LogP contribution in [-0.4, -0.2) is 35.6 Å². The van der Waals surface area contributed by atoms with E-state index in [1.807, 2.05) is 11.9 Å². The molecule has 1 saturated heterocycles. The summed E-state index contributed by atoms with van der Waals surface area (Å²) in [5.74, 6) is -0.286. The number of carboxylic acids is 1. The molecule has 2 unspecified atom stereocenters. The average molecular weight is 171 g/mol. The Morgan fingerprint density at radius 1 is 1.67 bits per heavy atom. The van der Waals surface area contributed by atoms with Crippen molar-refractivity contribution in [3.63, 3.8) is 0 Å². The number of hydrogen-bond acceptors (Lipinski definition) is 2. The summed E-state index contributed by atoms with van der Waals surface area (Å²) < 4.78 is 0. The first-order valence-electron chi connectivity index (χ1n) is 4.59. The zero-order valence-corrected chi connectivity index (χ0v) is 7.79. The first kappa shape index (κ1) is 9.52. The van der Waals surface area contributed by atoms with Gasteiger partial charge in [-0.3, -0.25) is 9.69 Å². The summed E-state index contributed by atoms with van der Waals surface area (Å²) in [5, 5.41) is 8.94. The smallest absolute Gasteiger partial charge is 0.321 e. The molecule has 0 amide bonds. The number of likely N-dealkylation sites (tertiary alicyclic amines) is 1. The molecule has 3 nitrogen and oxygen atoms in total. The van der Waals surface area contributed by atoms with Gasteiger partial charge in [0.25, 0.3) is 0 Å². The van der Waals surface area contributed by atoms with Gasteiger partial charge >= 0.3 is 5.97 Å². The SMILES string of the molecule is CCCC1CCN(C)C1C(=O)O. The molecule has 0 spiro atoms. The lowest BCUT2D eigenvalue weighted by atomic mass is 9.95. The molecular weight excluding hydrogens is 154 g/mol. The second-order valence-corrected chi connectivity index (χ2v) is 3.60. The molecule has 0 radical (unpaired) electrons. The van der Waals surface area contributed by atoms with Crippen LogP contribution in [-0.2, 0) is 4.79 Å². The summed E-state index contributed by atoms with van der Waals surface area (Å²) in [6.07, 6.45) is 3.17. The van der Waals surface area contributed by atoms with Crippen molar-refractivity contribution in [3.05, 3.63) is 0 Å². The molecule has 70 valence electrons. The van der Waals surface area contributed by atoms with Gasteiger partial charge in [-0.1, -0.05) is 13.3 Å². The minimum atomic E-state index is -0.659. The number of likely N-dealkylation sites (N-methyl/N-ethyl adjacent to an activating group) is 1. The van der Waals surface area contributed by atoms with Crippen LogP contribution in [0.1, 0.15) is 26.2 Å². The molecule has 0 aromatic carbocycles. The summed E-state index contributed by atoms with van der Waals surface area (Å²) >= 11 is 0. The van der Waals surface area contributed by atoms with Gasteiger partial charge in [-0.05, 0) is 32.4 Å². The molecule has 1 heterocycles. The molecule has 0 aromatic heterocycles. The fourth-order valence-corrected chi connectivity index (χ4v) is 2.09. The fourth-order valence-electron chi connectivity index (χ4n) is 2.09. The van der Waals surface area contributed by atoms with Gasteiger partial charge in [0.05, 0.1) is 0 Å². The van der Waals surface area contributed by atoms with Gasteiger partial charge in [-0.2, -0.15) is 0 Å². The maximum atomic E-state index is 10.9. The molecule has 0 saturated carbocycles. The molecule has 2 atom stereocenters. The number of carboxylic acid groups (broad SMARTS) is 1. The molecular formula is C9H17NO2. The van der Waals surface area contributed by atoms with Crippen LogP contribution in [0.5, 0.6) is 0 Å². The predicted octanol–water partition coefficient (Wildman–Crippen LogP) is 1.19. The van der Waals surface area contributed by atoms with Crippen molar-refractivity contribution in [2.75, 3.05) is 13.6 Å². The Labute approximate surface area is 73.4 Å². The molecule has 1 rings (SSSR count). The van der Waals surface area contributed by atoms with Crippen LogP contribution in [0.2, 0.25) is 0 Å². The van der Waals surface area contributed by atoms with Crippen LogP contribution in [0.25, 0.3) is 0 Å². The molecule has 0 aliphatic carbocycles. The summed E-state index contributed by atoms with van der Waals surface area (Å²) in [6.45, 7) is 3.04. The third kappa shape index (κ3) is 1.78. The van der Waals surface area contributed by atoms with Crippen molar-refractivity contribution < 1.29 is 9.90 Å². The molecule has 3 heteroatoms. The van der Waals surface area contributed by atoms with E-state index >= 15 is 0 Å². The van der Waals surface area contributed by atoms with Crippen LogP contribution in [0.15, 0.2) is 0 Å². The first-order valence-corrected chi connectivity index (χ1v) is 4.59. The molecule has 12 heavy (non-hydrogen) atoms. The van der Waals surface area contributed by atoms with E-state index in [0.717, 1.165) is 25.8 Å². The van der Waals surface area contributed by atoms with Crippen molar-refractivity contribution in [1.82, 2.24) is 4.90 Å². The Balaban J connectivity index is 2.57. The number of nitrogens with zero attached hydrogens (tertiary/aromatic N) is 1. The third-order valence-corrected chi connectivity index (χ3v) is 2.69. The zero-order chi connectivity index (χ0) is 9.14.